The van der Waals surface area contributed by atoms with Gasteiger partial charge in [-0.3, -0.25) is 0 Å². The number of carboxylic acid groups (broad SMARTS) is 1. The predicted molar refractivity (Wildman–Crippen MR) is 97.4 cm³/mol. The molecule has 0 saturated carbocycles. The zero-order valence-electron chi connectivity index (χ0n) is 14.2. The summed E-state index contributed by atoms with van der Waals surface area (Å²) >= 11 is 0. The number of hydrogen-bond acceptors (Lipinski definition) is 4. The Morgan fingerprint density at radius 1 is 1.16 bits per heavy atom. The van der Waals surface area contributed by atoms with Crippen LogP contribution in [0.25, 0.3) is 6.08 Å². The summed E-state index contributed by atoms with van der Waals surface area (Å²) in [4.78, 5) is 10.8. The number of aliphatic carboxylic acids is 1. The van der Waals surface area contributed by atoms with Crippen molar-refractivity contribution in [3.8, 4) is 5.75 Å². The van der Waals surface area contributed by atoms with E-state index in [-0.39, 0.29) is 6.54 Å². The van der Waals surface area contributed by atoms with Crippen LogP contribution in [0.3, 0.4) is 0 Å². The van der Waals surface area contributed by atoms with Crippen molar-refractivity contribution in [1.29, 1.82) is 0 Å². The number of carboxylic acids is 1. The summed E-state index contributed by atoms with van der Waals surface area (Å²) < 4.78 is 5.73. The third kappa shape index (κ3) is 6.41. The molecule has 1 unspecified atom stereocenters. The normalized spacial score (nSPS) is 13.5. The summed E-state index contributed by atoms with van der Waals surface area (Å²) in [6.45, 7) is 2.25. The van der Waals surface area contributed by atoms with Crippen molar-refractivity contribution < 1.29 is 19.7 Å². The molecule has 0 aliphatic heterocycles. The van der Waals surface area contributed by atoms with Crippen LogP contribution in [0.15, 0.2) is 60.7 Å². The number of rotatable bonds is 9. The van der Waals surface area contributed by atoms with Gasteiger partial charge in [0.1, 0.15) is 12.4 Å². The van der Waals surface area contributed by atoms with Crippen LogP contribution in [-0.4, -0.2) is 34.9 Å². The Morgan fingerprint density at radius 3 is 2.48 bits per heavy atom. The molecule has 0 spiro atoms. The van der Waals surface area contributed by atoms with E-state index in [0.29, 0.717) is 13.2 Å². The van der Waals surface area contributed by atoms with Crippen molar-refractivity contribution in [1.82, 2.24) is 5.32 Å². The molecule has 0 fully saturated rings. The molecule has 0 saturated heterocycles. The van der Waals surface area contributed by atoms with Crippen molar-refractivity contribution in [2.45, 2.75) is 19.1 Å². The van der Waals surface area contributed by atoms with Crippen LogP contribution in [0.1, 0.15) is 18.1 Å². The summed E-state index contributed by atoms with van der Waals surface area (Å²) in [7, 11) is 0. The van der Waals surface area contributed by atoms with Crippen molar-refractivity contribution in [2.24, 2.45) is 0 Å². The largest absolute Gasteiger partial charge is 0.489 e. The third-order valence-corrected chi connectivity index (χ3v) is 3.63. The Hall–Kier alpha value is -2.63. The fraction of sp³-hybridized carbons (Fsp3) is 0.250. The lowest BCUT2D eigenvalue weighted by Gasteiger charge is -2.17. The second-order valence-corrected chi connectivity index (χ2v) is 5.96. The smallest absolute Gasteiger partial charge is 0.336 e. The molecule has 0 radical (unpaired) electrons. The molecule has 1 atom stereocenters. The van der Waals surface area contributed by atoms with Crippen LogP contribution in [-0.2, 0) is 11.4 Å². The molecule has 2 aromatic rings. The first-order valence-corrected chi connectivity index (χ1v) is 8.07. The van der Waals surface area contributed by atoms with Gasteiger partial charge in [0, 0.05) is 13.1 Å². The number of benzene rings is 2. The third-order valence-electron chi connectivity index (χ3n) is 3.63. The molecule has 2 rings (SSSR count). The first kappa shape index (κ1) is 18.7. The molecule has 5 heteroatoms. The molecule has 0 aliphatic rings. The van der Waals surface area contributed by atoms with E-state index in [1.165, 1.54) is 6.92 Å². The number of ether oxygens (including phenoxy) is 1. The second kappa shape index (κ2) is 9.01. The summed E-state index contributed by atoms with van der Waals surface area (Å²) in [6.07, 6.45) is 3.79. The second-order valence-electron chi connectivity index (χ2n) is 5.96. The molecule has 5 nitrogen and oxygen atoms in total. The van der Waals surface area contributed by atoms with Gasteiger partial charge < -0.3 is 20.3 Å². The summed E-state index contributed by atoms with van der Waals surface area (Å²) in [5, 5.41) is 21.3. The number of carbonyl (C=O) groups is 1. The molecule has 0 bridgehead atoms. The maximum Gasteiger partial charge on any atom is 0.336 e. The van der Waals surface area contributed by atoms with Crippen LogP contribution in [0.2, 0.25) is 0 Å². The Balaban J connectivity index is 1.75. The number of hydrogen-bond donors (Lipinski definition) is 3. The molecule has 0 aromatic heterocycles. The predicted octanol–water partition coefficient (Wildman–Crippen LogP) is 2.70. The Morgan fingerprint density at radius 2 is 1.84 bits per heavy atom. The highest BCUT2D eigenvalue weighted by atomic mass is 16.5. The van der Waals surface area contributed by atoms with Crippen molar-refractivity contribution in [3.05, 3.63) is 71.8 Å². The van der Waals surface area contributed by atoms with Crippen molar-refractivity contribution in [2.75, 3.05) is 13.1 Å². The molecular weight excluding hydrogens is 318 g/mol. The molecule has 132 valence electrons. The lowest BCUT2D eigenvalue weighted by Crippen LogP contribution is -2.44. The van der Waals surface area contributed by atoms with Crippen LogP contribution < -0.4 is 10.1 Å². The molecule has 2 aromatic carbocycles. The van der Waals surface area contributed by atoms with Gasteiger partial charge in [-0.1, -0.05) is 54.6 Å². The Bertz CT molecular complexity index is 693. The van der Waals surface area contributed by atoms with Crippen molar-refractivity contribution >= 4 is 12.0 Å². The van der Waals surface area contributed by atoms with Crippen molar-refractivity contribution in [3.63, 3.8) is 0 Å². The Labute approximate surface area is 147 Å². The summed E-state index contributed by atoms with van der Waals surface area (Å²) in [5.41, 5.74) is 0.375. The van der Waals surface area contributed by atoms with Gasteiger partial charge in [0.2, 0.25) is 0 Å². The topological polar surface area (TPSA) is 78.8 Å². The summed E-state index contributed by atoms with van der Waals surface area (Å²) in [6, 6.07) is 17.7. The first-order valence-electron chi connectivity index (χ1n) is 8.07. The van der Waals surface area contributed by atoms with Gasteiger partial charge in [0.25, 0.3) is 0 Å². The molecule has 25 heavy (non-hydrogen) atoms. The molecular formula is C20H23NO4. The van der Waals surface area contributed by atoms with E-state index in [4.69, 9.17) is 9.84 Å². The fourth-order valence-corrected chi connectivity index (χ4v) is 2.09. The monoisotopic (exact) mass is 341 g/mol. The van der Waals surface area contributed by atoms with Gasteiger partial charge in [0.15, 0.2) is 5.60 Å². The van der Waals surface area contributed by atoms with Gasteiger partial charge in [-0.25, -0.2) is 4.79 Å². The van der Waals surface area contributed by atoms with Crippen LogP contribution in [0, 0.1) is 0 Å². The summed E-state index contributed by atoms with van der Waals surface area (Å²) in [5.74, 6) is -0.438. The van der Waals surface area contributed by atoms with Crippen LogP contribution >= 0.6 is 0 Å². The standard InChI is InChI=1S/C20H23NO4/c1-20(24,19(22)23)15-21-13-5-8-16-9-11-18(12-10-16)25-14-17-6-3-2-4-7-17/h2-12,21,24H,13-15H2,1H3,(H,22,23)/b8-5+. The number of aliphatic hydroxyl groups is 1. The first-order chi connectivity index (χ1) is 12.0. The zero-order valence-corrected chi connectivity index (χ0v) is 14.2. The lowest BCUT2D eigenvalue weighted by molar-refractivity contribution is -0.156. The van der Waals surface area contributed by atoms with Gasteiger partial charge in [0.05, 0.1) is 0 Å². The van der Waals surface area contributed by atoms with E-state index >= 15 is 0 Å². The van der Waals surface area contributed by atoms with E-state index in [2.05, 4.69) is 5.32 Å². The van der Waals surface area contributed by atoms with E-state index in [1.54, 1.807) is 0 Å². The highest BCUT2D eigenvalue weighted by Gasteiger charge is 2.28. The minimum atomic E-state index is -1.76. The SMILES string of the molecule is CC(O)(CNC/C=C/c1ccc(OCc2ccccc2)cc1)C(=O)O. The van der Waals surface area contributed by atoms with Crippen LogP contribution in [0.4, 0.5) is 0 Å². The van der Waals surface area contributed by atoms with Crippen LogP contribution in [0.5, 0.6) is 5.75 Å². The molecule has 0 heterocycles. The minimum Gasteiger partial charge on any atom is -0.489 e. The van der Waals surface area contributed by atoms with E-state index in [9.17, 15) is 9.90 Å². The molecule has 3 N–H and O–H groups in total. The van der Waals surface area contributed by atoms with Gasteiger partial charge in [-0.05, 0) is 30.2 Å². The molecule has 0 amide bonds. The molecule has 0 aliphatic carbocycles. The average molecular weight is 341 g/mol. The average Bonchev–Trinajstić information content (AvgIpc) is 2.61. The lowest BCUT2D eigenvalue weighted by atomic mass is 10.1. The van der Waals surface area contributed by atoms with E-state index in [0.717, 1.165) is 16.9 Å². The van der Waals surface area contributed by atoms with Gasteiger partial charge in [-0.2, -0.15) is 0 Å². The van der Waals surface area contributed by atoms with Gasteiger partial charge in [-0.15, -0.1) is 0 Å². The quantitative estimate of drug-likeness (QED) is 0.611. The maximum atomic E-state index is 10.8. The van der Waals surface area contributed by atoms with E-state index < -0.39 is 11.6 Å². The van der Waals surface area contributed by atoms with E-state index in [1.807, 2.05) is 66.7 Å². The highest BCUT2D eigenvalue weighted by Crippen LogP contribution is 2.15. The highest BCUT2D eigenvalue weighted by molar-refractivity contribution is 5.76. The van der Waals surface area contributed by atoms with Gasteiger partial charge >= 0.3 is 5.97 Å². The maximum absolute atomic E-state index is 10.8. The minimum absolute atomic E-state index is 0.0149. The zero-order chi connectivity index (χ0) is 18.1. The Kier molecular flexibility index (Phi) is 6.74. The number of nitrogens with one attached hydrogen (secondary N) is 1. The fourth-order valence-electron chi connectivity index (χ4n) is 2.09.